The minimum Gasteiger partial charge on any atom is -0.456 e. The lowest BCUT2D eigenvalue weighted by molar-refractivity contribution is -0.134. The van der Waals surface area contributed by atoms with Crippen LogP contribution in [0.2, 0.25) is 0 Å². The molecule has 0 unspecified atom stereocenters. The highest BCUT2D eigenvalue weighted by Gasteiger charge is 2.15. The third kappa shape index (κ3) is 4.80. The van der Waals surface area contributed by atoms with E-state index in [0.717, 1.165) is 6.26 Å². The number of sulfonamides is 1. The molecule has 0 fully saturated rings. The molecule has 0 saturated carbocycles. The highest BCUT2D eigenvalue weighted by molar-refractivity contribution is 7.92. The van der Waals surface area contributed by atoms with Crippen LogP contribution in [0.4, 0.5) is 16.2 Å². The number of hydrogen-bond donors (Lipinski definition) is 3. The van der Waals surface area contributed by atoms with Crippen molar-refractivity contribution in [2.24, 2.45) is 0 Å². The maximum Gasteiger partial charge on any atom is 0.333 e. The predicted octanol–water partition coefficient (Wildman–Crippen LogP) is 0.620. The Morgan fingerprint density at radius 2 is 1.76 bits per heavy atom. The van der Waals surface area contributed by atoms with Gasteiger partial charge in [0.2, 0.25) is 10.0 Å². The van der Waals surface area contributed by atoms with Crippen LogP contribution >= 0.6 is 0 Å². The summed E-state index contributed by atoms with van der Waals surface area (Å²) in [7, 11) is -3.34. The summed E-state index contributed by atoms with van der Waals surface area (Å²) in [5.41, 5.74) is 1.23. The smallest absolute Gasteiger partial charge is 0.333 e. The molecule has 0 atom stereocenters. The molecular weight excluding hydrogens is 298 g/mol. The summed E-state index contributed by atoms with van der Waals surface area (Å²) >= 11 is 0. The Morgan fingerprint density at radius 1 is 1.14 bits per heavy atom. The van der Waals surface area contributed by atoms with Crippen LogP contribution in [0.15, 0.2) is 36.0 Å². The molecule has 0 aromatic heterocycles. The molecule has 0 saturated heterocycles. The molecular formula is C12H13N3O5S. The van der Waals surface area contributed by atoms with Crippen molar-refractivity contribution in [1.29, 1.82) is 0 Å². The normalized spacial score (nSPS) is 14.1. The Labute approximate surface area is 121 Å². The number of rotatable bonds is 4. The molecule has 21 heavy (non-hydrogen) atoms. The van der Waals surface area contributed by atoms with Gasteiger partial charge in [0, 0.05) is 17.5 Å². The van der Waals surface area contributed by atoms with Crippen molar-refractivity contribution in [1.82, 2.24) is 5.32 Å². The summed E-state index contributed by atoms with van der Waals surface area (Å²) in [5.74, 6) is -0.499. The zero-order valence-electron chi connectivity index (χ0n) is 11.0. The lowest BCUT2D eigenvalue weighted by Gasteiger charge is -2.08. The van der Waals surface area contributed by atoms with E-state index in [-0.39, 0.29) is 6.61 Å². The Balaban J connectivity index is 1.92. The molecule has 2 rings (SSSR count). The van der Waals surface area contributed by atoms with Gasteiger partial charge in [0.1, 0.15) is 6.61 Å². The zero-order chi connectivity index (χ0) is 15.5. The highest BCUT2D eigenvalue weighted by atomic mass is 32.2. The van der Waals surface area contributed by atoms with Gasteiger partial charge in [-0.25, -0.2) is 18.0 Å². The van der Waals surface area contributed by atoms with Crippen molar-refractivity contribution >= 4 is 33.4 Å². The first-order valence-corrected chi connectivity index (χ1v) is 7.74. The number of ether oxygens (including phenoxy) is 1. The number of hydrogen-bond acceptors (Lipinski definition) is 5. The minimum absolute atomic E-state index is 0.0312. The summed E-state index contributed by atoms with van der Waals surface area (Å²) in [6, 6.07) is 5.58. The van der Waals surface area contributed by atoms with Gasteiger partial charge in [-0.05, 0) is 24.3 Å². The summed E-state index contributed by atoms with van der Waals surface area (Å²) < 4.78 is 29.0. The largest absolute Gasteiger partial charge is 0.456 e. The molecule has 2 amide bonds. The van der Waals surface area contributed by atoms with E-state index < -0.39 is 22.0 Å². The van der Waals surface area contributed by atoms with E-state index in [2.05, 4.69) is 20.1 Å². The van der Waals surface area contributed by atoms with E-state index in [9.17, 15) is 18.0 Å². The van der Waals surface area contributed by atoms with Crippen molar-refractivity contribution in [3.8, 4) is 0 Å². The number of anilines is 2. The lowest BCUT2D eigenvalue weighted by Crippen LogP contribution is -2.28. The van der Waals surface area contributed by atoms with Crippen LogP contribution in [-0.4, -0.2) is 33.3 Å². The monoisotopic (exact) mass is 311 g/mol. The summed E-state index contributed by atoms with van der Waals surface area (Å²) in [4.78, 5) is 22.5. The molecule has 0 spiro atoms. The molecule has 1 aliphatic heterocycles. The molecule has 1 heterocycles. The SMILES string of the molecule is CS(=O)(=O)Nc1ccc(NC(=O)NC2=CC(=O)OC2)cc1. The fourth-order valence-electron chi connectivity index (χ4n) is 1.59. The van der Waals surface area contributed by atoms with E-state index in [1.54, 1.807) is 0 Å². The first-order valence-electron chi connectivity index (χ1n) is 5.85. The highest BCUT2D eigenvalue weighted by Crippen LogP contribution is 2.14. The van der Waals surface area contributed by atoms with Crippen LogP contribution in [-0.2, 0) is 19.6 Å². The molecule has 112 valence electrons. The maximum absolute atomic E-state index is 11.6. The van der Waals surface area contributed by atoms with Crippen molar-refractivity contribution in [3.63, 3.8) is 0 Å². The van der Waals surface area contributed by atoms with Crippen molar-refractivity contribution in [2.45, 2.75) is 0 Å². The Kier molecular flexibility index (Phi) is 4.13. The van der Waals surface area contributed by atoms with Gasteiger partial charge < -0.3 is 15.4 Å². The fraction of sp³-hybridized carbons (Fsp3) is 0.167. The number of benzene rings is 1. The van der Waals surface area contributed by atoms with Crippen LogP contribution in [0.1, 0.15) is 0 Å². The predicted molar refractivity (Wildman–Crippen MR) is 76.1 cm³/mol. The third-order valence-corrected chi connectivity index (χ3v) is 2.99. The van der Waals surface area contributed by atoms with Gasteiger partial charge in [0.05, 0.1) is 12.0 Å². The Hall–Kier alpha value is -2.55. The van der Waals surface area contributed by atoms with Gasteiger partial charge in [0.25, 0.3) is 0 Å². The number of esters is 1. The summed E-state index contributed by atoms with van der Waals surface area (Å²) in [5, 5.41) is 5.00. The first-order chi connectivity index (χ1) is 9.82. The molecule has 0 bridgehead atoms. The second-order valence-electron chi connectivity index (χ2n) is 4.31. The third-order valence-electron chi connectivity index (χ3n) is 2.38. The molecule has 0 aliphatic carbocycles. The topological polar surface area (TPSA) is 114 Å². The van der Waals surface area contributed by atoms with Gasteiger partial charge >= 0.3 is 12.0 Å². The number of amides is 2. The van der Waals surface area contributed by atoms with Crippen molar-refractivity contribution in [2.75, 3.05) is 22.9 Å². The van der Waals surface area contributed by atoms with Gasteiger partial charge in [0.15, 0.2) is 0 Å². The Bertz CT molecular complexity index is 694. The molecule has 0 radical (unpaired) electrons. The van der Waals surface area contributed by atoms with Crippen molar-refractivity contribution < 1.29 is 22.7 Å². The average molecular weight is 311 g/mol. The van der Waals surface area contributed by atoms with Gasteiger partial charge in [-0.2, -0.15) is 0 Å². The standard InChI is InChI=1S/C12H13N3O5S/c1-21(18,19)15-9-4-2-8(3-5-9)13-12(17)14-10-6-11(16)20-7-10/h2-6,15H,7H2,1H3,(H2,13,14,17). The summed E-state index contributed by atoms with van der Waals surface area (Å²) in [6.07, 6.45) is 2.24. The van der Waals surface area contributed by atoms with Gasteiger partial charge in [-0.3, -0.25) is 4.72 Å². The van der Waals surface area contributed by atoms with Crippen LogP contribution < -0.4 is 15.4 Å². The number of cyclic esters (lactones) is 1. The fourth-order valence-corrected chi connectivity index (χ4v) is 2.15. The van der Waals surface area contributed by atoms with Crippen molar-refractivity contribution in [3.05, 3.63) is 36.0 Å². The van der Waals surface area contributed by atoms with Gasteiger partial charge in [-0.1, -0.05) is 0 Å². The van der Waals surface area contributed by atoms with E-state index in [1.165, 1.54) is 30.3 Å². The number of carbonyl (C=O) groups is 2. The molecule has 1 aromatic rings. The second-order valence-corrected chi connectivity index (χ2v) is 6.06. The number of nitrogens with one attached hydrogen (secondary N) is 3. The Morgan fingerprint density at radius 3 is 2.29 bits per heavy atom. The molecule has 8 nitrogen and oxygen atoms in total. The van der Waals surface area contributed by atoms with E-state index in [1.807, 2.05) is 0 Å². The van der Waals surface area contributed by atoms with Crippen LogP contribution in [0.5, 0.6) is 0 Å². The summed E-state index contributed by atoms with van der Waals surface area (Å²) in [6.45, 7) is 0.0312. The molecule has 1 aliphatic rings. The first kappa shape index (κ1) is 14.9. The molecule has 9 heteroatoms. The van der Waals surface area contributed by atoms with E-state index in [0.29, 0.717) is 17.1 Å². The van der Waals surface area contributed by atoms with Gasteiger partial charge in [-0.15, -0.1) is 0 Å². The lowest BCUT2D eigenvalue weighted by atomic mass is 10.3. The quantitative estimate of drug-likeness (QED) is 0.705. The maximum atomic E-state index is 11.6. The van der Waals surface area contributed by atoms with Crippen LogP contribution in [0.25, 0.3) is 0 Å². The number of carbonyl (C=O) groups excluding carboxylic acids is 2. The second kappa shape index (κ2) is 5.83. The molecule has 3 N–H and O–H groups in total. The zero-order valence-corrected chi connectivity index (χ0v) is 11.9. The van der Waals surface area contributed by atoms with E-state index in [4.69, 9.17) is 0 Å². The van der Waals surface area contributed by atoms with E-state index >= 15 is 0 Å². The van der Waals surface area contributed by atoms with Crippen LogP contribution in [0.3, 0.4) is 0 Å². The molecule has 1 aromatic carbocycles. The average Bonchev–Trinajstić information content (AvgIpc) is 2.75. The minimum atomic E-state index is -3.34. The van der Waals surface area contributed by atoms with Crippen LogP contribution in [0, 0.1) is 0 Å². The number of urea groups is 1.